The van der Waals surface area contributed by atoms with E-state index >= 15 is 0 Å². The van der Waals surface area contributed by atoms with E-state index in [1.165, 1.54) is 6.08 Å². The van der Waals surface area contributed by atoms with E-state index < -0.39 is 37.5 Å². The van der Waals surface area contributed by atoms with E-state index in [1.54, 1.807) is 0 Å². The normalized spacial score (nSPS) is 25.8. The van der Waals surface area contributed by atoms with Crippen LogP contribution in [0.3, 0.4) is 0 Å². The van der Waals surface area contributed by atoms with Crippen molar-refractivity contribution in [3.05, 3.63) is 0 Å². The highest BCUT2D eigenvalue weighted by Gasteiger charge is 2.36. The second kappa shape index (κ2) is 6.13. The van der Waals surface area contributed by atoms with E-state index in [2.05, 4.69) is 4.99 Å². The van der Waals surface area contributed by atoms with Gasteiger partial charge in [0.05, 0.1) is 11.5 Å². The summed E-state index contributed by atoms with van der Waals surface area (Å²) in [6.45, 7) is 2.07. The maximum Gasteiger partial charge on any atom is 0.236 e. The average Bonchev–Trinajstić information content (AvgIpc) is 2.29. The van der Waals surface area contributed by atoms with Crippen molar-refractivity contribution in [3.8, 4) is 0 Å². The van der Waals surface area contributed by atoms with Gasteiger partial charge in [-0.05, 0) is 18.8 Å². The van der Waals surface area contributed by atoms with Crippen molar-refractivity contribution >= 4 is 25.9 Å². The van der Waals surface area contributed by atoms with Crippen LogP contribution in [0.5, 0.6) is 0 Å². The van der Waals surface area contributed by atoms with Gasteiger partial charge in [0.15, 0.2) is 0 Å². The number of sulfonamides is 1. The summed E-state index contributed by atoms with van der Waals surface area (Å²) < 4.78 is 47.5. The van der Waals surface area contributed by atoms with Crippen molar-refractivity contribution in [1.82, 2.24) is 4.31 Å². The predicted octanol–water partition coefficient (Wildman–Crippen LogP) is -0.245. The Bertz CT molecular complexity index is 563. The maximum absolute atomic E-state index is 12.1. The van der Waals surface area contributed by atoms with Gasteiger partial charge in [-0.15, -0.1) is 0 Å². The van der Waals surface area contributed by atoms with Gasteiger partial charge >= 0.3 is 0 Å². The van der Waals surface area contributed by atoms with Crippen LogP contribution in [0, 0.1) is 5.92 Å². The SMILES string of the molecule is CC1CCCN(S(=O)(=O)CCS(C)(=O)=O)C1N=C=O. The number of aliphatic imine (C=N–C) groups is 1. The lowest BCUT2D eigenvalue weighted by molar-refractivity contribution is 0.194. The molecule has 9 heteroatoms. The van der Waals surface area contributed by atoms with Gasteiger partial charge in [0.25, 0.3) is 0 Å². The van der Waals surface area contributed by atoms with Gasteiger partial charge in [0, 0.05) is 12.8 Å². The molecule has 2 unspecified atom stereocenters. The molecule has 0 aromatic carbocycles. The van der Waals surface area contributed by atoms with Gasteiger partial charge < -0.3 is 0 Å². The predicted molar refractivity (Wildman–Crippen MR) is 70.5 cm³/mol. The minimum Gasteiger partial charge on any atom is -0.229 e. The van der Waals surface area contributed by atoms with Crippen LogP contribution >= 0.6 is 0 Å². The van der Waals surface area contributed by atoms with E-state index in [0.717, 1.165) is 17.0 Å². The van der Waals surface area contributed by atoms with Gasteiger partial charge in [-0.25, -0.2) is 21.6 Å². The molecule has 7 nitrogen and oxygen atoms in total. The van der Waals surface area contributed by atoms with Crippen molar-refractivity contribution in [3.63, 3.8) is 0 Å². The van der Waals surface area contributed by atoms with Gasteiger partial charge in [0.2, 0.25) is 16.1 Å². The molecule has 0 spiro atoms. The molecule has 1 rings (SSSR count). The van der Waals surface area contributed by atoms with Crippen LogP contribution in [0.25, 0.3) is 0 Å². The van der Waals surface area contributed by atoms with Crippen LogP contribution in [0.2, 0.25) is 0 Å². The Kier molecular flexibility index (Phi) is 5.26. The molecule has 1 aliphatic heterocycles. The summed E-state index contributed by atoms with van der Waals surface area (Å²) in [7, 11) is -7.09. The average molecular weight is 310 g/mol. The molecule has 1 fully saturated rings. The summed E-state index contributed by atoms with van der Waals surface area (Å²) in [5.74, 6) is -0.996. The first-order valence-corrected chi connectivity index (χ1v) is 9.58. The highest BCUT2D eigenvalue weighted by Crippen LogP contribution is 2.26. The lowest BCUT2D eigenvalue weighted by Crippen LogP contribution is -2.48. The van der Waals surface area contributed by atoms with E-state index in [1.807, 2.05) is 6.92 Å². The Labute approximate surface area is 113 Å². The third kappa shape index (κ3) is 4.68. The first-order chi connectivity index (χ1) is 8.67. The van der Waals surface area contributed by atoms with Crippen LogP contribution in [0.15, 0.2) is 4.99 Å². The van der Waals surface area contributed by atoms with Gasteiger partial charge in [0.1, 0.15) is 16.0 Å². The molecule has 1 aliphatic rings. The minimum absolute atomic E-state index is 0.0804. The summed E-state index contributed by atoms with van der Waals surface area (Å²) >= 11 is 0. The molecule has 0 bridgehead atoms. The molecule has 1 saturated heterocycles. The Morgan fingerprint density at radius 2 is 1.89 bits per heavy atom. The largest absolute Gasteiger partial charge is 0.236 e. The molecule has 110 valence electrons. The fourth-order valence-electron chi connectivity index (χ4n) is 2.06. The Morgan fingerprint density at radius 1 is 1.26 bits per heavy atom. The smallest absolute Gasteiger partial charge is 0.229 e. The number of hydrogen-bond acceptors (Lipinski definition) is 6. The van der Waals surface area contributed by atoms with Gasteiger partial charge in [-0.2, -0.15) is 9.30 Å². The first-order valence-electron chi connectivity index (χ1n) is 5.91. The molecule has 0 aromatic rings. The number of nitrogens with zero attached hydrogens (tertiary/aromatic N) is 2. The standard InChI is InChI=1S/C10H18N2O5S2/c1-9-4-3-5-12(10(9)11-8-13)19(16,17)7-6-18(2,14)15/h9-10H,3-7H2,1-2H3. The first kappa shape index (κ1) is 16.3. The molecule has 0 radical (unpaired) electrons. The molecule has 0 amide bonds. The van der Waals surface area contributed by atoms with Crippen LogP contribution in [-0.4, -0.2) is 57.7 Å². The molecular weight excluding hydrogens is 292 g/mol. The lowest BCUT2D eigenvalue weighted by Gasteiger charge is -2.35. The van der Waals surface area contributed by atoms with E-state index in [-0.39, 0.29) is 12.5 Å². The summed E-state index contributed by atoms with van der Waals surface area (Å²) in [6.07, 6.45) is 3.06. The molecule has 1 heterocycles. The topological polar surface area (TPSA) is 101 Å². The summed E-state index contributed by atoms with van der Waals surface area (Å²) in [4.78, 5) is 13.9. The second-order valence-corrected chi connectivity index (χ2v) is 9.11. The summed E-state index contributed by atoms with van der Waals surface area (Å²) in [5, 5.41) is 0. The van der Waals surface area contributed by atoms with E-state index in [4.69, 9.17) is 0 Å². The van der Waals surface area contributed by atoms with Crippen molar-refractivity contribution < 1.29 is 21.6 Å². The van der Waals surface area contributed by atoms with Crippen molar-refractivity contribution in [1.29, 1.82) is 0 Å². The third-order valence-corrected chi connectivity index (χ3v) is 6.13. The monoisotopic (exact) mass is 310 g/mol. The molecule has 0 aliphatic carbocycles. The Balaban J connectivity index is 2.93. The van der Waals surface area contributed by atoms with Crippen LogP contribution in [0.1, 0.15) is 19.8 Å². The molecule has 0 N–H and O–H groups in total. The zero-order valence-corrected chi connectivity index (χ0v) is 12.6. The summed E-state index contributed by atoms with van der Waals surface area (Å²) in [6, 6.07) is 0. The summed E-state index contributed by atoms with van der Waals surface area (Å²) in [5.41, 5.74) is 0. The van der Waals surface area contributed by atoms with E-state index in [9.17, 15) is 21.6 Å². The molecule has 0 aromatic heterocycles. The zero-order valence-electron chi connectivity index (χ0n) is 10.9. The number of sulfone groups is 1. The molecule has 19 heavy (non-hydrogen) atoms. The quantitative estimate of drug-likeness (QED) is 0.515. The second-order valence-electron chi connectivity index (χ2n) is 4.81. The van der Waals surface area contributed by atoms with Crippen molar-refractivity contribution in [2.75, 3.05) is 24.3 Å². The number of hydrogen-bond donors (Lipinski definition) is 0. The fraction of sp³-hybridized carbons (Fsp3) is 0.900. The van der Waals surface area contributed by atoms with Crippen LogP contribution in [0.4, 0.5) is 0 Å². The lowest BCUT2D eigenvalue weighted by atomic mass is 9.98. The molecular formula is C10H18N2O5S2. The van der Waals surface area contributed by atoms with Gasteiger partial charge in [-0.1, -0.05) is 6.92 Å². The minimum atomic E-state index is -3.74. The third-order valence-electron chi connectivity index (χ3n) is 3.10. The number of piperidine rings is 1. The van der Waals surface area contributed by atoms with E-state index in [0.29, 0.717) is 6.42 Å². The Morgan fingerprint density at radius 3 is 2.42 bits per heavy atom. The van der Waals surface area contributed by atoms with Gasteiger partial charge in [-0.3, -0.25) is 0 Å². The highest BCUT2D eigenvalue weighted by molar-refractivity contribution is 7.93. The van der Waals surface area contributed by atoms with Crippen LogP contribution < -0.4 is 0 Å². The maximum atomic E-state index is 12.1. The highest BCUT2D eigenvalue weighted by atomic mass is 32.2. The zero-order chi connectivity index (χ0) is 14.7. The van der Waals surface area contributed by atoms with Crippen LogP contribution in [-0.2, 0) is 24.7 Å². The number of rotatable bonds is 5. The fourth-order valence-corrected chi connectivity index (χ4v) is 5.34. The molecule has 0 saturated carbocycles. The van der Waals surface area contributed by atoms with Crippen molar-refractivity contribution in [2.45, 2.75) is 25.9 Å². The molecule has 2 atom stereocenters. The number of isocyanates is 1. The Hall–Kier alpha value is -0.760. The number of carbonyl (C=O) groups excluding carboxylic acids is 1. The van der Waals surface area contributed by atoms with Crippen molar-refractivity contribution in [2.24, 2.45) is 10.9 Å².